The smallest absolute Gasteiger partial charge is 0.264 e. The third-order valence-corrected chi connectivity index (χ3v) is 4.42. The summed E-state index contributed by atoms with van der Waals surface area (Å²) in [5.74, 6) is -2.30. The van der Waals surface area contributed by atoms with Crippen LogP contribution >= 0.6 is 0 Å². The van der Waals surface area contributed by atoms with Crippen LogP contribution in [0.2, 0.25) is 0 Å². The second-order valence-corrected chi connectivity index (χ2v) is 7.03. The second kappa shape index (κ2) is 8.47. The zero-order valence-electron chi connectivity index (χ0n) is 15.8. The Morgan fingerprint density at radius 3 is 2.50 bits per heavy atom. The van der Waals surface area contributed by atoms with E-state index in [1.54, 1.807) is 12.1 Å². The molecular weight excluding hydrogens is 336 g/mol. The van der Waals surface area contributed by atoms with Gasteiger partial charge in [-0.2, -0.15) is 5.10 Å². The molecule has 0 amide bonds. The van der Waals surface area contributed by atoms with Crippen LogP contribution in [-0.2, 0) is 6.54 Å². The molecule has 0 fully saturated rings. The first-order valence-electron chi connectivity index (χ1n) is 9.19. The van der Waals surface area contributed by atoms with Crippen LogP contribution < -0.4 is 11.5 Å². The highest BCUT2D eigenvalue weighted by Crippen LogP contribution is 2.25. The van der Waals surface area contributed by atoms with Gasteiger partial charge in [-0.15, -0.1) is 0 Å². The molecule has 1 aromatic carbocycles. The average molecular weight is 365 g/mol. The minimum atomic E-state index is -2.90. The Morgan fingerprint density at radius 2 is 1.92 bits per heavy atom. The number of fused-ring (bicyclic) bond motifs is 1. The molecule has 2 rings (SSSR count). The second-order valence-electron chi connectivity index (χ2n) is 7.03. The number of hydrogen-bond donors (Lipinski definition) is 2. The van der Waals surface area contributed by atoms with Gasteiger partial charge in [0.05, 0.1) is 11.2 Å². The molecule has 0 aliphatic heterocycles. The third-order valence-electron chi connectivity index (χ3n) is 4.42. The molecule has 144 valence electrons. The summed E-state index contributed by atoms with van der Waals surface area (Å²) in [6, 6.07) is 3.50. The lowest BCUT2D eigenvalue weighted by molar-refractivity contribution is 0.0327. The van der Waals surface area contributed by atoms with Crippen molar-refractivity contribution in [3.63, 3.8) is 0 Å². The third kappa shape index (κ3) is 5.16. The fourth-order valence-electron chi connectivity index (χ4n) is 3.20. The van der Waals surface area contributed by atoms with E-state index in [0.717, 1.165) is 50.1 Å². The predicted octanol–water partition coefficient (Wildman–Crippen LogP) is 4.20. The van der Waals surface area contributed by atoms with Crippen LogP contribution in [0.5, 0.6) is 0 Å². The fourth-order valence-corrected chi connectivity index (χ4v) is 3.20. The van der Waals surface area contributed by atoms with Gasteiger partial charge in [0.15, 0.2) is 0 Å². The maximum Gasteiger partial charge on any atom is 0.264 e. The van der Waals surface area contributed by atoms with E-state index in [9.17, 15) is 8.78 Å². The van der Waals surface area contributed by atoms with Gasteiger partial charge in [-0.05, 0) is 30.9 Å². The molecule has 1 heterocycles. The summed E-state index contributed by atoms with van der Waals surface area (Å²) < 4.78 is 27.9. The van der Waals surface area contributed by atoms with Gasteiger partial charge in [0.2, 0.25) is 0 Å². The predicted molar refractivity (Wildman–Crippen MR) is 104 cm³/mol. The first kappa shape index (κ1) is 20.1. The van der Waals surface area contributed by atoms with Gasteiger partial charge in [0.1, 0.15) is 12.4 Å². The van der Waals surface area contributed by atoms with Crippen molar-refractivity contribution in [3.8, 4) is 0 Å². The molecule has 0 atom stereocenters. The molecule has 0 saturated carbocycles. The number of aromatic nitrogens is 2. The lowest BCUT2D eigenvalue weighted by atomic mass is 9.98. The molecule has 0 unspecified atom stereocenters. The molecule has 2 aromatic rings. The Hall–Kier alpha value is -2.18. The number of amidine groups is 1. The van der Waals surface area contributed by atoms with Gasteiger partial charge < -0.3 is 11.5 Å². The lowest BCUT2D eigenvalue weighted by Gasteiger charge is -2.14. The zero-order chi connectivity index (χ0) is 19.3. The molecule has 0 bridgehead atoms. The maximum absolute atomic E-state index is 13.0. The SMILES string of the molecule is CCCC(CCC)Cn1cc2c(N)c(C(N)=NCC(C)(F)F)ccc2n1. The van der Waals surface area contributed by atoms with Crippen LogP contribution in [0.1, 0.15) is 52.0 Å². The minimum absolute atomic E-state index is 0.0218. The first-order chi connectivity index (χ1) is 12.2. The summed E-state index contributed by atoms with van der Waals surface area (Å²) in [6.45, 7) is 5.37. The van der Waals surface area contributed by atoms with Crippen molar-refractivity contribution < 1.29 is 8.78 Å². The molecule has 0 aliphatic carbocycles. The number of nitrogen functional groups attached to an aromatic ring is 1. The van der Waals surface area contributed by atoms with E-state index in [0.29, 0.717) is 17.2 Å². The normalized spacial score (nSPS) is 13.1. The molecule has 26 heavy (non-hydrogen) atoms. The van der Waals surface area contributed by atoms with Gasteiger partial charge in [0, 0.05) is 30.6 Å². The van der Waals surface area contributed by atoms with Crippen molar-refractivity contribution in [3.05, 3.63) is 23.9 Å². The molecular formula is C19H29F2N5. The monoisotopic (exact) mass is 365 g/mol. The van der Waals surface area contributed by atoms with Crippen LogP contribution in [0.15, 0.2) is 23.3 Å². The van der Waals surface area contributed by atoms with Gasteiger partial charge in [-0.25, -0.2) is 8.78 Å². The molecule has 7 heteroatoms. The maximum atomic E-state index is 13.0. The molecule has 5 nitrogen and oxygen atoms in total. The van der Waals surface area contributed by atoms with E-state index >= 15 is 0 Å². The molecule has 0 spiro atoms. The van der Waals surface area contributed by atoms with E-state index in [1.165, 1.54) is 0 Å². The number of nitrogens with two attached hydrogens (primary N) is 2. The molecule has 0 radical (unpaired) electrons. The van der Waals surface area contributed by atoms with Crippen LogP contribution in [0.3, 0.4) is 0 Å². The first-order valence-corrected chi connectivity index (χ1v) is 9.19. The van der Waals surface area contributed by atoms with Crippen LogP contribution in [-0.4, -0.2) is 28.1 Å². The minimum Gasteiger partial charge on any atom is -0.398 e. The topological polar surface area (TPSA) is 82.2 Å². The number of halogens is 2. The summed E-state index contributed by atoms with van der Waals surface area (Å²) in [6.07, 6.45) is 6.53. The standard InChI is InChI=1S/C19H29F2N5/c1-4-6-13(7-5-2)10-26-11-15-16(25-26)9-8-14(17(15)22)18(23)24-12-19(3,20)21/h8-9,11,13H,4-7,10,12,22H2,1-3H3,(H2,23,24). The quantitative estimate of drug-likeness (QED) is 0.397. The van der Waals surface area contributed by atoms with Gasteiger partial charge >= 0.3 is 0 Å². The van der Waals surface area contributed by atoms with Gasteiger partial charge in [-0.1, -0.05) is 26.7 Å². The molecule has 4 N–H and O–H groups in total. The van der Waals surface area contributed by atoms with E-state index < -0.39 is 12.5 Å². The van der Waals surface area contributed by atoms with Crippen molar-refractivity contribution in [1.82, 2.24) is 9.78 Å². The number of nitrogens with zero attached hydrogens (tertiary/aromatic N) is 3. The summed E-state index contributed by atoms with van der Waals surface area (Å²) in [5.41, 5.74) is 13.8. The van der Waals surface area contributed by atoms with Crippen molar-refractivity contribution in [2.45, 2.75) is 58.9 Å². The highest BCUT2D eigenvalue weighted by atomic mass is 19.3. The summed E-state index contributed by atoms with van der Waals surface area (Å²) >= 11 is 0. The Bertz CT molecular complexity index is 755. The van der Waals surface area contributed by atoms with Crippen LogP contribution in [0.25, 0.3) is 10.9 Å². The van der Waals surface area contributed by atoms with Gasteiger partial charge in [-0.3, -0.25) is 9.67 Å². The Kier molecular flexibility index (Phi) is 6.56. The molecule has 1 aromatic heterocycles. The fraction of sp³-hybridized carbons (Fsp3) is 0.579. The largest absolute Gasteiger partial charge is 0.398 e. The Morgan fingerprint density at radius 1 is 1.27 bits per heavy atom. The summed E-state index contributed by atoms with van der Waals surface area (Å²) in [7, 11) is 0. The van der Waals surface area contributed by atoms with Crippen molar-refractivity contribution in [2.75, 3.05) is 12.3 Å². The number of anilines is 1. The van der Waals surface area contributed by atoms with E-state index in [2.05, 4.69) is 23.9 Å². The number of hydrogen-bond acceptors (Lipinski definition) is 3. The Balaban J connectivity index is 2.28. The summed E-state index contributed by atoms with van der Waals surface area (Å²) in [5, 5.41) is 5.37. The highest BCUT2D eigenvalue weighted by Gasteiger charge is 2.21. The van der Waals surface area contributed by atoms with E-state index in [1.807, 2.05) is 10.9 Å². The number of rotatable bonds is 9. The highest BCUT2D eigenvalue weighted by molar-refractivity contribution is 6.08. The lowest BCUT2D eigenvalue weighted by Crippen LogP contribution is -2.21. The molecule has 0 saturated heterocycles. The van der Waals surface area contributed by atoms with Crippen LogP contribution in [0, 0.1) is 5.92 Å². The number of alkyl halides is 2. The summed E-state index contributed by atoms with van der Waals surface area (Å²) in [4.78, 5) is 3.77. The number of benzene rings is 1. The Labute approximate surface area is 153 Å². The van der Waals surface area contributed by atoms with Crippen LogP contribution in [0.4, 0.5) is 14.5 Å². The van der Waals surface area contributed by atoms with Gasteiger partial charge in [0.25, 0.3) is 5.92 Å². The van der Waals surface area contributed by atoms with E-state index in [4.69, 9.17) is 11.5 Å². The number of aliphatic imine (C=N–C) groups is 1. The average Bonchev–Trinajstić information content (AvgIpc) is 2.96. The van der Waals surface area contributed by atoms with Crippen molar-refractivity contribution in [1.29, 1.82) is 0 Å². The van der Waals surface area contributed by atoms with Crippen molar-refractivity contribution >= 4 is 22.4 Å². The molecule has 0 aliphatic rings. The van der Waals surface area contributed by atoms with E-state index in [-0.39, 0.29) is 5.84 Å². The zero-order valence-corrected chi connectivity index (χ0v) is 15.8. The van der Waals surface area contributed by atoms with Crippen molar-refractivity contribution in [2.24, 2.45) is 16.6 Å².